The number of thiazole rings is 1. The van der Waals surface area contributed by atoms with Gasteiger partial charge in [-0.2, -0.15) is 0 Å². The lowest BCUT2D eigenvalue weighted by Crippen LogP contribution is -2.15. The summed E-state index contributed by atoms with van der Waals surface area (Å²) in [6.07, 6.45) is 0. The minimum atomic E-state index is -0.146. The third-order valence-electron chi connectivity index (χ3n) is 5.71. The number of benzene rings is 3. The van der Waals surface area contributed by atoms with Crippen molar-refractivity contribution in [2.45, 2.75) is 44.4 Å². The highest BCUT2D eigenvalue weighted by atomic mass is 32.2. The Kier molecular flexibility index (Phi) is 7.28. The summed E-state index contributed by atoms with van der Waals surface area (Å²) in [5.74, 6) is 0.0751. The Hall–Kier alpha value is -3.16. The van der Waals surface area contributed by atoms with Gasteiger partial charge >= 0.3 is 0 Å². The Morgan fingerprint density at radius 1 is 0.943 bits per heavy atom. The molecule has 0 atom stereocenters. The lowest BCUT2D eigenvalue weighted by molar-refractivity contribution is -0.113. The number of amides is 2. The van der Waals surface area contributed by atoms with Gasteiger partial charge in [-0.25, -0.2) is 4.98 Å². The lowest BCUT2D eigenvalue weighted by Gasteiger charge is -2.19. The number of nitrogens with zero attached hydrogens (tertiary/aromatic N) is 1. The lowest BCUT2D eigenvalue weighted by atomic mass is 9.87. The second-order valence-electron chi connectivity index (χ2n) is 9.55. The summed E-state index contributed by atoms with van der Waals surface area (Å²) in [5.41, 5.74) is 6.38. The fourth-order valence-electron chi connectivity index (χ4n) is 3.68. The number of para-hydroxylation sites is 1. The van der Waals surface area contributed by atoms with Gasteiger partial charge in [-0.3, -0.25) is 9.59 Å². The summed E-state index contributed by atoms with van der Waals surface area (Å²) in [6.45, 7) is 10.4. The van der Waals surface area contributed by atoms with Gasteiger partial charge in [-0.1, -0.05) is 62.9 Å². The number of fused-ring (bicyclic) bond motifs is 1. The first-order valence-corrected chi connectivity index (χ1v) is 13.2. The molecule has 1 aromatic heterocycles. The molecule has 0 aliphatic rings. The Morgan fingerprint density at radius 2 is 1.63 bits per heavy atom. The van der Waals surface area contributed by atoms with Gasteiger partial charge in [0.1, 0.15) is 0 Å². The zero-order valence-corrected chi connectivity index (χ0v) is 22.2. The molecule has 4 aromatic rings. The molecule has 7 heteroatoms. The van der Waals surface area contributed by atoms with Crippen LogP contribution in [0.5, 0.6) is 0 Å². The van der Waals surface area contributed by atoms with Crippen LogP contribution >= 0.6 is 23.1 Å². The van der Waals surface area contributed by atoms with Crippen molar-refractivity contribution in [3.05, 3.63) is 82.9 Å². The van der Waals surface area contributed by atoms with E-state index < -0.39 is 0 Å². The maximum atomic E-state index is 12.7. The van der Waals surface area contributed by atoms with E-state index in [2.05, 4.69) is 36.4 Å². The molecule has 0 bridgehead atoms. The van der Waals surface area contributed by atoms with Crippen LogP contribution in [0.2, 0.25) is 0 Å². The van der Waals surface area contributed by atoms with Crippen molar-refractivity contribution in [3.8, 4) is 0 Å². The maximum Gasteiger partial charge on any atom is 0.255 e. The van der Waals surface area contributed by atoms with E-state index in [0.29, 0.717) is 5.56 Å². The number of aromatic nitrogens is 1. The van der Waals surface area contributed by atoms with E-state index in [4.69, 9.17) is 0 Å². The third-order valence-corrected chi connectivity index (χ3v) is 7.87. The molecular formula is C28H29N3O2S2. The van der Waals surface area contributed by atoms with Crippen molar-refractivity contribution in [2.24, 2.45) is 0 Å². The van der Waals surface area contributed by atoms with Crippen LogP contribution in [0.15, 0.2) is 65.0 Å². The molecule has 1 heterocycles. The van der Waals surface area contributed by atoms with Gasteiger partial charge in [0.25, 0.3) is 5.91 Å². The third kappa shape index (κ3) is 6.10. The Bertz CT molecular complexity index is 1370. The molecule has 3 aromatic carbocycles. The second-order valence-corrected chi connectivity index (χ2v) is 11.8. The minimum absolute atomic E-state index is 0.0437. The summed E-state index contributed by atoms with van der Waals surface area (Å²) in [6, 6.07) is 19.4. The number of nitrogens with one attached hydrogen (secondary N) is 2. The van der Waals surface area contributed by atoms with E-state index in [-0.39, 0.29) is 23.0 Å². The average Bonchev–Trinajstić information content (AvgIpc) is 3.22. The molecule has 0 aliphatic carbocycles. The van der Waals surface area contributed by atoms with Crippen LogP contribution in [0.3, 0.4) is 0 Å². The number of hydrogen-bond donors (Lipinski definition) is 2. The molecule has 0 saturated heterocycles. The first kappa shape index (κ1) is 24.9. The van der Waals surface area contributed by atoms with Crippen molar-refractivity contribution in [3.63, 3.8) is 0 Å². The predicted molar refractivity (Wildman–Crippen MR) is 148 cm³/mol. The number of carbonyl (C=O) groups excluding carboxylic acids is 2. The van der Waals surface area contributed by atoms with Crippen molar-refractivity contribution >= 4 is 56.5 Å². The van der Waals surface area contributed by atoms with E-state index in [1.807, 2.05) is 74.5 Å². The zero-order chi connectivity index (χ0) is 25.2. The van der Waals surface area contributed by atoms with Crippen LogP contribution in [0, 0.1) is 13.8 Å². The molecule has 2 amide bonds. The Labute approximate surface area is 214 Å². The molecule has 180 valence electrons. The van der Waals surface area contributed by atoms with Crippen LogP contribution < -0.4 is 10.6 Å². The first-order chi connectivity index (χ1) is 16.6. The number of anilines is 2. The average molecular weight is 504 g/mol. The van der Waals surface area contributed by atoms with E-state index in [1.54, 1.807) is 0 Å². The molecular weight excluding hydrogens is 474 g/mol. The first-order valence-electron chi connectivity index (χ1n) is 11.4. The van der Waals surface area contributed by atoms with Crippen molar-refractivity contribution < 1.29 is 9.59 Å². The molecule has 2 N–H and O–H groups in total. The van der Waals surface area contributed by atoms with Gasteiger partial charge in [0.2, 0.25) is 5.91 Å². The highest BCUT2D eigenvalue weighted by molar-refractivity contribution is 8.01. The van der Waals surface area contributed by atoms with Gasteiger partial charge in [0.15, 0.2) is 4.34 Å². The maximum absolute atomic E-state index is 12.7. The van der Waals surface area contributed by atoms with Crippen LogP contribution in [0.1, 0.15) is 47.8 Å². The van der Waals surface area contributed by atoms with E-state index in [0.717, 1.165) is 37.1 Å². The fourth-order valence-corrected chi connectivity index (χ4v) is 5.59. The summed E-state index contributed by atoms with van der Waals surface area (Å²) >= 11 is 2.93. The summed E-state index contributed by atoms with van der Waals surface area (Å²) in [4.78, 5) is 29.8. The number of aryl methyl sites for hydroxylation is 2. The van der Waals surface area contributed by atoms with Gasteiger partial charge in [0.05, 0.1) is 16.0 Å². The van der Waals surface area contributed by atoms with Crippen LogP contribution in [0.25, 0.3) is 10.2 Å². The largest absolute Gasteiger partial charge is 0.325 e. The number of thioether (sulfide) groups is 1. The number of hydrogen-bond acceptors (Lipinski definition) is 5. The SMILES string of the molecule is Cc1cccc(C)c1NC(=O)CSc1nc2ccc(NC(=O)c3ccc(C(C)(C)C)cc3)cc2s1. The van der Waals surface area contributed by atoms with E-state index in [9.17, 15) is 9.59 Å². The highest BCUT2D eigenvalue weighted by Gasteiger charge is 2.15. The Morgan fingerprint density at radius 3 is 2.29 bits per heavy atom. The van der Waals surface area contributed by atoms with Gasteiger partial charge < -0.3 is 10.6 Å². The molecule has 0 unspecified atom stereocenters. The molecule has 4 rings (SSSR count). The molecule has 0 aliphatic heterocycles. The van der Waals surface area contributed by atoms with E-state index >= 15 is 0 Å². The standard InChI is InChI=1S/C28H29N3O2S2/c1-17-7-6-8-18(2)25(17)31-24(32)16-34-27-30-22-14-13-21(15-23(22)35-27)29-26(33)19-9-11-20(12-10-19)28(3,4)5/h6-15H,16H2,1-5H3,(H,29,33)(H,31,32). The molecule has 0 spiro atoms. The normalized spacial score (nSPS) is 11.5. The quantitative estimate of drug-likeness (QED) is 0.273. The smallest absolute Gasteiger partial charge is 0.255 e. The predicted octanol–water partition coefficient (Wildman–Crippen LogP) is 7.19. The summed E-state index contributed by atoms with van der Waals surface area (Å²) in [7, 11) is 0. The van der Waals surface area contributed by atoms with Crippen LogP contribution in [-0.2, 0) is 10.2 Å². The molecule has 0 radical (unpaired) electrons. The van der Waals surface area contributed by atoms with Crippen molar-refractivity contribution in [2.75, 3.05) is 16.4 Å². The Balaban J connectivity index is 1.39. The topological polar surface area (TPSA) is 71.1 Å². The zero-order valence-electron chi connectivity index (χ0n) is 20.6. The molecule has 0 fully saturated rings. The van der Waals surface area contributed by atoms with Crippen molar-refractivity contribution in [1.29, 1.82) is 0 Å². The second kappa shape index (κ2) is 10.2. The monoisotopic (exact) mass is 503 g/mol. The fraction of sp³-hybridized carbons (Fsp3) is 0.250. The van der Waals surface area contributed by atoms with Gasteiger partial charge in [-0.05, 0) is 66.3 Å². The number of rotatable bonds is 6. The van der Waals surface area contributed by atoms with E-state index in [1.165, 1.54) is 28.7 Å². The minimum Gasteiger partial charge on any atom is -0.325 e. The van der Waals surface area contributed by atoms with Gasteiger partial charge in [0, 0.05) is 16.9 Å². The highest BCUT2D eigenvalue weighted by Crippen LogP contribution is 2.32. The number of carbonyl (C=O) groups is 2. The van der Waals surface area contributed by atoms with Crippen LogP contribution in [-0.4, -0.2) is 22.6 Å². The van der Waals surface area contributed by atoms with Crippen molar-refractivity contribution in [1.82, 2.24) is 4.98 Å². The molecule has 35 heavy (non-hydrogen) atoms. The molecule has 5 nitrogen and oxygen atoms in total. The summed E-state index contributed by atoms with van der Waals surface area (Å²) in [5, 5.41) is 5.98. The van der Waals surface area contributed by atoms with Crippen LogP contribution in [0.4, 0.5) is 11.4 Å². The summed E-state index contributed by atoms with van der Waals surface area (Å²) < 4.78 is 1.78. The molecule has 0 saturated carbocycles. The van der Waals surface area contributed by atoms with Gasteiger partial charge in [-0.15, -0.1) is 11.3 Å².